The van der Waals surface area contributed by atoms with Crippen LogP contribution in [0.4, 0.5) is 10.2 Å². The van der Waals surface area contributed by atoms with Crippen LogP contribution in [0.5, 0.6) is 0 Å². The lowest BCUT2D eigenvalue weighted by Crippen LogP contribution is -2.50. The van der Waals surface area contributed by atoms with Crippen molar-refractivity contribution < 1.29 is 9.18 Å². The van der Waals surface area contributed by atoms with Gasteiger partial charge in [0.1, 0.15) is 17.8 Å². The number of pyridine rings is 1. The fraction of sp³-hybridized carbons (Fsp3) is 0.458. The van der Waals surface area contributed by atoms with Gasteiger partial charge in [-0.05, 0) is 63.4 Å². The van der Waals surface area contributed by atoms with E-state index in [0.29, 0.717) is 12.0 Å². The summed E-state index contributed by atoms with van der Waals surface area (Å²) >= 11 is 0. The zero-order valence-corrected chi connectivity index (χ0v) is 19.5. The largest absolute Gasteiger partial charge is 0.357 e. The van der Waals surface area contributed by atoms with E-state index in [2.05, 4.69) is 25.5 Å². The smallest absolute Gasteiger partial charge is 0.258 e. The van der Waals surface area contributed by atoms with Gasteiger partial charge in [0.2, 0.25) is 0 Å². The second kappa shape index (κ2) is 10.7. The molecular weight excluding hydrogens is 421 g/mol. The predicted octanol–water partition coefficient (Wildman–Crippen LogP) is 2.67. The first-order chi connectivity index (χ1) is 15.6. The number of halogens is 1. The molecule has 1 saturated heterocycles. The molecule has 1 aromatic carbocycles. The summed E-state index contributed by atoms with van der Waals surface area (Å²) in [7, 11) is 0. The van der Waals surface area contributed by atoms with Crippen LogP contribution < -0.4 is 27.0 Å². The van der Waals surface area contributed by atoms with Crippen molar-refractivity contribution in [3.05, 3.63) is 59.5 Å². The Kier molecular flexibility index (Phi) is 7.99. The Balaban J connectivity index is 1.72. The van der Waals surface area contributed by atoms with Crippen molar-refractivity contribution in [2.75, 3.05) is 18.0 Å². The third kappa shape index (κ3) is 7.50. The van der Waals surface area contributed by atoms with Crippen molar-refractivity contribution in [2.45, 2.75) is 57.8 Å². The first-order valence-electron chi connectivity index (χ1n) is 11.3. The minimum Gasteiger partial charge on any atom is -0.357 e. The normalized spacial score (nSPS) is 16.4. The molecule has 2 atom stereocenters. The number of aliphatic imine (C=N–C) groups is 1. The standard InChI is InChI=1S/C24H34FN7O/c1-24(2,3)31-23(29-20(27)15-19(26)16-6-8-18(25)9-7-16)30-22(33)17-10-11-28-21(14-17)32-12-4-5-13-32/h6-11,14,19-20H,4-5,12-13,15,26-27H2,1-3H3,(H2,29,30,31,33). The van der Waals surface area contributed by atoms with E-state index < -0.39 is 12.2 Å². The maximum Gasteiger partial charge on any atom is 0.258 e. The molecular formula is C24H34FN7O. The van der Waals surface area contributed by atoms with Gasteiger partial charge in [0, 0.05) is 42.9 Å². The second-order valence-electron chi connectivity index (χ2n) is 9.36. The molecule has 9 heteroatoms. The topological polar surface area (TPSA) is 122 Å². The van der Waals surface area contributed by atoms with E-state index in [1.807, 2.05) is 20.8 Å². The Morgan fingerprint density at radius 1 is 1.18 bits per heavy atom. The minimum atomic E-state index is -0.673. The molecule has 0 aliphatic carbocycles. The van der Waals surface area contributed by atoms with Crippen LogP contribution in [0.2, 0.25) is 0 Å². The number of rotatable bonds is 6. The van der Waals surface area contributed by atoms with Crippen LogP contribution >= 0.6 is 0 Å². The van der Waals surface area contributed by atoms with E-state index in [1.165, 1.54) is 12.1 Å². The van der Waals surface area contributed by atoms with Crippen LogP contribution in [0.3, 0.4) is 0 Å². The van der Waals surface area contributed by atoms with Crippen molar-refractivity contribution in [2.24, 2.45) is 16.5 Å². The number of aromatic nitrogens is 1. The molecule has 6 N–H and O–H groups in total. The third-order valence-corrected chi connectivity index (χ3v) is 5.25. The Morgan fingerprint density at radius 2 is 1.85 bits per heavy atom. The number of hydrogen-bond acceptors (Lipinski definition) is 6. The van der Waals surface area contributed by atoms with Crippen molar-refractivity contribution in [3.8, 4) is 0 Å². The second-order valence-corrected chi connectivity index (χ2v) is 9.36. The average Bonchev–Trinajstić information content (AvgIpc) is 3.28. The van der Waals surface area contributed by atoms with Gasteiger partial charge in [-0.25, -0.2) is 14.4 Å². The van der Waals surface area contributed by atoms with Gasteiger partial charge in [0.25, 0.3) is 5.91 Å². The van der Waals surface area contributed by atoms with Gasteiger partial charge < -0.3 is 21.7 Å². The molecule has 1 aliphatic rings. The summed E-state index contributed by atoms with van der Waals surface area (Å²) in [6.45, 7) is 7.77. The van der Waals surface area contributed by atoms with Crippen LogP contribution in [-0.2, 0) is 0 Å². The van der Waals surface area contributed by atoms with Gasteiger partial charge in [0.15, 0.2) is 5.96 Å². The number of guanidine groups is 1. The molecule has 1 amide bonds. The molecule has 2 aromatic rings. The Hall–Kier alpha value is -3.04. The highest BCUT2D eigenvalue weighted by Gasteiger charge is 2.20. The molecule has 178 valence electrons. The van der Waals surface area contributed by atoms with Crippen LogP contribution in [0.1, 0.15) is 62.0 Å². The van der Waals surface area contributed by atoms with Crippen LogP contribution in [0.15, 0.2) is 47.6 Å². The van der Waals surface area contributed by atoms with Crippen molar-refractivity contribution in [1.29, 1.82) is 0 Å². The fourth-order valence-corrected chi connectivity index (χ4v) is 3.63. The zero-order valence-electron chi connectivity index (χ0n) is 19.5. The molecule has 0 spiro atoms. The maximum absolute atomic E-state index is 13.2. The summed E-state index contributed by atoms with van der Waals surface area (Å²) in [5.74, 6) is 0.440. The van der Waals surface area contributed by atoms with E-state index in [9.17, 15) is 9.18 Å². The monoisotopic (exact) mass is 455 g/mol. The lowest BCUT2D eigenvalue weighted by Gasteiger charge is -2.25. The molecule has 2 unspecified atom stereocenters. The van der Waals surface area contributed by atoms with E-state index in [4.69, 9.17) is 11.5 Å². The van der Waals surface area contributed by atoms with Gasteiger partial charge in [-0.15, -0.1) is 0 Å². The molecule has 3 rings (SSSR count). The molecule has 1 fully saturated rings. The Morgan fingerprint density at radius 3 is 2.48 bits per heavy atom. The lowest BCUT2D eigenvalue weighted by molar-refractivity contribution is 0.0975. The van der Waals surface area contributed by atoms with E-state index >= 15 is 0 Å². The maximum atomic E-state index is 13.2. The van der Waals surface area contributed by atoms with E-state index in [0.717, 1.165) is 37.3 Å². The van der Waals surface area contributed by atoms with E-state index in [1.54, 1.807) is 30.5 Å². The Labute approximate surface area is 194 Å². The SMILES string of the molecule is CC(C)(C)NC(=NC(N)CC(N)c1ccc(F)cc1)NC(=O)c1ccnc(N2CCCC2)c1. The Bertz CT molecular complexity index is 966. The fourth-order valence-electron chi connectivity index (χ4n) is 3.63. The highest BCUT2D eigenvalue weighted by atomic mass is 19.1. The number of carbonyl (C=O) groups excluding carboxylic acids is 1. The van der Waals surface area contributed by atoms with Crippen molar-refractivity contribution >= 4 is 17.7 Å². The molecule has 1 aliphatic heterocycles. The van der Waals surface area contributed by atoms with Gasteiger partial charge in [-0.1, -0.05) is 12.1 Å². The highest BCUT2D eigenvalue weighted by molar-refractivity contribution is 6.06. The summed E-state index contributed by atoms with van der Waals surface area (Å²) in [5, 5.41) is 6.04. The quantitative estimate of drug-likeness (QED) is 0.392. The number of nitrogens with two attached hydrogens (primary N) is 2. The van der Waals surface area contributed by atoms with Crippen LogP contribution in [-0.4, -0.2) is 41.6 Å². The van der Waals surface area contributed by atoms with Crippen LogP contribution in [0, 0.1) is 5.82 Å². The summed E-state index contributed by atoms with van der Waals surface area (Å²) < 4.78 is 13.2. The van der Waals surface area contributed by atoms with Crippen molar-refractivity contribution in [1.82, 2.24) is 15.6 Å². The van der Waals surface area contributed by atoms with Gasteiger partial charge in [-0.2, -0.15) is 0 Å². The minimum absolute atomic E-state index is 0.269. The molecule has 0 bridgehead atoms. The first-order valence-corrected chi connectivity index (χ1v) is 11.3. The number of hydrogen-bond donors (Lipinski definition) is 4. The molecule has 8 nitrogen and oxygen atoms in total. The first kappa shape index (κ1) is 24.6. The number of nitrogens with one attached hydrogen (secondary N) is 2. The number of anilines is 1. The average molecular weight is 456 g/mol. The van der Waals surface area contributed by atoms with Crippen LogP contribution in [0.25, 0.3) is 0 Å². The number of amides is 1. The van der Waals surface area contributed by atoms with Gasteiger partial charge in [-0.3, -0.25) is 10.1 Å². The zero-order chi connectivity index (χ0) is 24.0. The molecule has 1 aromatic heterocycles. The summed E-state index contributed by atoms with van der Waals surface area (Å²) in [4.78, 5) is 24.0. The van der Waals surface area contributed by atoms with Crippen molar-refractivity contribution in [3.63, 3.8) is 0 Å². The summed E-state index contributed by atoms with van der Waals surface area (Å²) in [5.41, 5.74) is 13.4. The predicted molar refractivity (Wildman–Crippen MR) is 129 cm³/mol. The molecule has 2 heterocycles. The molecule has 33 heavy (non-hydrogen) atoms. The van der Waals surface area contributed by atoms with E-state index in [-0.39, 0.29) is 23.2 Å². The number of benzene rings is 1. The number of nitrogens with zero attached hydrogens (tertiary/aromatic N) is 3. The van der Waals surface area contributed by atoms with Gasteiger partial charge >= 0.3 is 0 Å². The summed E-state index contributed by atoms with van der Waals surface area (Å²) in [6.07, 6.45) is 3.55. The molecule has 0 radical (unpaired) electrons. The van der Waals surface area contributed by atoms with Gasteiger partial charge in [0.05, 0.1) is 0 Å². The third-order valence-electron chi connectivity index (χ3n) is 5.25. The number of carbonyl (C=O) groups is 1. The molecule has 0 saturated carbocycles. The lowest BCUT2D eigenvalue weighted by atomic mass is 10.0. The highest BCUT2D eigenvalue weighted by Crippen LogP contribution is 2.19. The summed E-state index contributed by atoms with van der Waals surface area (Å²) in [6, 6.07) is 9.04.